The van der Waals surface area contributed by atoms with E-state index in [1.54, 1.807) is 11.3 Å². The fourth-order valence-corrected chi connectivity index (χ4v) is 2.81. The molecule has 1 aromatic carbocycles. The summed E-state index contributed by atoms with van der Waals surface area (Å²) in [4.78, 5) is 10.4. The molecule has 0 unspecified atom stereocenters. The van der Waals surface area contributed by atoms with Gasteiger partial charge in [-0.2, -0.15) is 0 Å². The summed E-state index contributed by atoms with van der Waals surface area (Å²) in [6.45, 7) is 0. The van der Waals surface area contributed by atoms with Crippen molar-refractivity contribution < 1.29 is 15.6 Å². The molecule has 0 saturated carbocycles. The van der Waals surface area contributed by atoms with Crippen molar-refractivity contribution in [1.82, 2.24) is 0 Å². The number of aliphatic carboxylic acids is 1. The zero-order valence-corrected chi connectivity index (χ0v) is 9.63. The molecule has 0 aliphatic carbocycles. The van der Waals surface area contributed by atoms with Crippen molar-refractivity contribution in [3.63, 3.8) is 0 Å². The zero-order valence-electron chi connectivity index (χ0n) is 8.81. The first kappa shape index (κ1) is 11.1. The Balaban J connectivity index is 2.22. The van der Waals surface area contributed by atoms with Gasteiger partial charge in [-0.3, -0.25) is 0 Å². The number of carboxylic acid groups (broad SMARTS) is 1. The number of hydrogen-bond acceptors (Lipinski definition) is 3. The molecule has 2 aromatic rings. The quantitative estimate of drug-likeness (QED) is 0.848. The molecule has 84 valence electrons. The van der Waals surface area contributed by atoms with E-state index in [-0.39, 0.29) is 12.5 Å². The maximum Gasteiger partial charge on any atom is 0.112 e. The largest absolute Gasteiger partial charge is 0.550 e. The molecule has 0 fully saturated rings. The Morgan fingerprint density at radius 1 is 1.44 bits per heavy atom. The van der Waals surface area contributed by atoms with Crippen molar-refractivity contribution in [3.05, 3.63) is 35.2 Å². The summed E-state index contributed by atoms with van der Waals surface area (Å²) >= 11 is 1.67. The smallest absolute Gasteiger partial charge is 0.112 e. The van der Waals surface area contributed by atoms with Crippen LogP contribution in [0.3, 0.4) is 0 Å². The monoisotopic (exact) mass is 235 g/mol. The predicted molar refractivity (Wildman–Crippen MR) is 61.7 cm³/mol. The van der Waals surface area contributed by atoms with Gasteiger partial charge in [0.2, 0.25) is 0 Å². The number of benzene rings is 1. The van der Waals surface area contributed by atoms with Gasteiger partial charge in [0.15, 0.2) is 0 Å². The summed E-state index contributed by atoms with van der Waals surface area (Å²) in [5, 5.41) is 13.7. The minimum Gasteiger partial charge on any atom is -0.550 e. The van der Waals surface area contributed by atoms with E-state index in [0.717, 1.165) is 5.56 Å². The molecular formula is C12H13NO2S. The van der Waals surface area contributed by atoms with E-state index in [2.05, 4.69) is 23.2 Å². The van der Waals surface area contributed by atoms with Crippen molar-refractivity contribution in [1.29, 1.82) is 0 Å². The van der Waals surface area contributed by atoms with Crippen LogP contribution >= 0.6 is 11.3 Å². The molecule has 0 amide bonds. The van der Waals surface area contributed by atoms with Gasteiger partial charge >= 0.3 is 0 Å². The van der Waals surface area contributed by atoms with Gasteiger partial charge in [0.25, 0.3) is 0 Å². The van der Waals surface area contributed by atoms with Crippen molar-refractivity contribution in [2.75, 3.05) is 0 Å². The van der Waals surface area contributed by atoms with Crippen LogP contribution in [-0.4, -0.2) is 5.97 Å². The van der Waals surface area contributed by atoms with Gasteiger partial charge in [-0.15, -0.1) is 11.3 Å². The number of carbonyl (C=O) groups excluding carboxylic acids is 1. The van der Waals surface area contributed by atoms with Crippen LogP contribution in [0.1, 0.15) is 24.4 Å². The molecule has 0 bridgehead atoms. The maximum atomic E-state index is 10.4. The van der Waals surface area contributed by atoms with Gasteiger partial charge in [-0.05, 0) is 12.5 Å². The molecule has 1 aromatic heterocycles. The van der Waals surface area contributed by atoms with E-state index < -0.39 is 5.97 Å². The Bertz CT molecular complexity index is 506. The average molecular weight is 235 g/mol. The first-order chi connectivity index (χ1) is 7.68. The molecule has 1 heterocycles. The molecule has 0 radical (unpaired) electrons. The summed E-state index contributed by atoms with van der Waals surface area (Å²) in [7, 11) is 0. The molecule has 3 nitrogen and oxygen atoms in total. The lowest BCUT2D eigenvalue weighted by molar-refractivity contribution is -0.428. The van der Waals surface area contributed by atoms with E-state index in [4.69, 9.17) is 0 Å². The van der Waals surface area contributed by atoms with Crippen LogP contribution in [0.5, 0.6) is 0 Å². The molecular weight excluding hydrogens is 222 g/mol. The molecule has 3 N–H and O–H groups in total. The highest BCUT2D eigenvalue weighted by Crippen LogP contribution is 2.29. The molecule has 2 rings (SSSR count). The van der Waals surface area contributed by atoms with Crippen molar-refractivity contribution in [3.8, 4) is 0 Å². The second-order valence-electron chi connectivity index (χ2n) is 3.79. The lowest BCUT2D eigenvalue weighted by Crippen LogP contribution is -2.53. The third kappa shape index (κ3) is 2.23. The Kier molecular flexibility index (Phi) is 3.22. The summed E-state index contributed by atoms with van der Waals surface area (Å²) < 4.78 is 1.22. The highest BCUT2D eigenvalue weighted by atomic mass is 32.1. The zero-order chi connectivity index (χ0) is 11.5. The van der Waals surface area contributed by atoms with Crippen LogP contribution in [0.4, 0.5) is 0 Å². The van der Waals surface area contributed by atoms with E-state index in [1.165, 1.54) is 10.1 Å². The van der Waals surface area contributed by atoms with Crippen LogP contribution in [0.2, 0.25) is 0 Å². The lowest BCUT2D eigenvalue weighted by Gasteiger charge is -2.08. The van der Waals surface area contributed by atoms with E-state index in [0.29, 0.717) is 6.42 Å². The number of fused-ring (bicyclic) bond motifs is 1. The van der Waals surface area contributed by atoms with Gasteiger partial charge in [-0.25, -0.2) is 0 Å². The number of carbonyl (C=O) groups is 1. The van der Waals surface area contributed by atoms with Crippen molar-refractivity contribution in [2.24, 2.45) is 0 Å². The summed E-state index contributed by atoms with van der Waals surface area (Å²) in [5.74, 6) is -1.01. The fourth-order valence-electron chi connectivity index (χ4n) is 1.76. The second-order valence-corrected chi connectivity index (χ2v) is 4.71. The molecule has 0 spiro atoms. The Hall–Kier alpha value is -1.39. The van der Waals surface area contributed by atoms with Crippen LogP contribution in [0.25, 0.3) is 10.1 Å². The topological polar surface area (TPSA) is 67.8 Å². The SMILES string of the molecule is [NH3+][C@@H](CCC(=O)[O-])c1csc2ccccc12. The number of carboxylic acids is 1. The number of thiophene rings is 1. The summed E-state index contributed by atoms with van der Waals surface area (Å²) in [6.07, 6.45) is 0.599. The summed E-state index contributed by atoms with van der Waals surface area (Å²) in [5.41, 5.74) is 5.16. The molecule has 0 saturated heterocycles. The third-order valence-corrected chi connectivity index (χ3v) is 3.63. The van der Waals surface area contributed by atoms with E-state index in [9.17, 15) is 9.90 Å². The predicted octanol–water partition coefficient (Wildman–Crippen LogP) is 0.714. The number of hydrogen-bond donors (Lipinski definition) is 1. The first-order valence-corrected chi connectivity index (χ1v) is 6.05. The Morgan fingerprint density at radius 3 is 2.94 bits per heavy atom. The van der Waals surface area contributed by atoms with E-state index in [1.807, 2.05) is 12.1 Å². The van der Waals surface area contributed by atoms with Gasteiger partial charge in [0.05, 0.1) is 0 Å². The van der Waals surface area contributed by atoms with Crippen LogP contribution in [0.15, 0.2) is 29.6 Å². The molecule has 0 aliphatic rings. The van der Waals surface area contributed by atoms with Gasteiger partial charge < -0.3 is 15.6 Å². The third-order valence-electron chi connectivity index (χ3n) is 2.65. The van der Waals surface area contributed by atoms with Crippen molar-refractivity contribution >= 4 is 27.4 Å². The van der Waals surface area contributed by atoms with Crippen LogP contribution < -0.4 is 10.8 Å². The minimum absolute atomic E-state index is 0.0223. The van der Waals surface area contributed by atoms with Gasteiger partial charge in [0.1, 0.15) is 6.04 Å². The number of quaternary nitrogens is 1. The lowest BCUT2D eigenvalue weighted by atomic mass is 10.0. The molecule has 1 atom stereocenters. The van der Waals surface area contributed by atoms with Crippen LogP contribution in [0, 0.1) is 0 Å². The average Bonchev–Trinajstić information content (AvgIpc) is 2.69. The molecule has 16 heavy (non-hydrogen) atoms. The van der Waals surface area contributed by atoms with Gasteiger partial charge in [0, 0.05) is 33.4 Å². The van der Waals surface area contributed by atoms with Gasteiger partial charge in [-0.1, -0.05) is 18.2 Å². The Labute approximate surface area is 97.5 Å². The highest BCUT2D eigenvalue weighted by Gasteiger charge is 2.14. The fraction of sp³-hybridized carbons (Fsp3) is 0.250. The highest BCUT2D eigenvalue weighted by molar-refractivity contribution is 7.17. The standard InChI is InChI=1S/C12H13NO2S/c13-10(5-6-12(14)15)9-7-16-11-4-2-1-3-8(9)11/h1-4,7,10H,5-6,13H2,(H,14,15)/t10-/m0/s1. The van der Waals surface area contributed by atoms with E-state index >= 15 is 0 Å². The van der Waals surface area contributed by atoms with Crippen molar-refractivity contribution in [2.45, 2.75) is 18.9 Å². The molecule has 0 aliphatic heterocycles. The molecule has 4 heteroatoms. The first-order valence-electron chi connectivity index (χ1n) is 5.17. The number of rotatable bonds is 4. The van der Waals surface area contributed by atoms with Crippen LogP contribution in [-0.2, 0) is 4.79 Å². The summed E-state index contributed by atoms with van der Waals surface area (Å²) in [6, 6.07) is 8.13. The Morgan fingerprint density at radius 2 is 2.19 bits per heavy atom. The second kappa shape index (κ2) is 4.63. The minimum atomic E-state index is -1.01. The maximum absolute atomic E-state index is 10.4. The normalized spacial score (nSPS) is 12.8.